The predicted octanol–water partition coefficient (Wildman–Crippen LogP) is 2.98. The van der Waals surface area contributed by atoms with Crippen molar-refractivity contribution in [1.29, 1.82) is 0 Å². The summed E-state index contributed by atoms with van der Waals surface area (Å²) in [6.07, 6.45) is 7.83. The maximum Gasteiger partial charge on any atom is 0.165 e. The van der Waals surface area contributed by atoms with Crippen molar-refractivity contribution < 1.29 is 9.13 Å². The first-order chi connectivity index (χ1) is 13.7. The average Bonchev–Trinajstić information content (AvgIpc) is 3.49. The summed E-state index contributed by atoms with van der Waals surface area (Å²) >= 11 is 0. The highest BCUT2D eigenvalue weighted by Crippen LogP contribution is 2.43. The summed E-state index contributed by atoms with van der Waals surface area (Å²) < 4.78 is 21.8. The first-order valence-corrected chi connectivity index (χ1v) is 9.79. The number of hydrogen-bond acceptors (Lipinski definition) is 6. The van der Waals surface area contributed by atoms with Gasteiger partial charge in [0.15, 0.2) is 11.4 Å². The van der Waals surface area contributed by atoms with Crippen molar-refractivity contribution in [3.63, 3.8) is 0 Å². The third-order valence-corrected chi connectivity index (χ3v) is 5.42. The number of methoxy groups -OCH3 is 1. The van der Waals surface area contributed by atoms with Gasteiger partial charge in [0.25, 0.3) is 0 Å². The number of ether oxygens (including phenoxy) is 1. The Balaban J connectivity index is 1.53. The van der Waals surface area contributed by atoms with Gasteiger partial charge < -0.3 is 15.4 Å². The lowest BCUT2D eigenvalue weighted by Crippen LogP contribution is -2.38. The van der Waals surface area contributed by atoms with Gasteiger partial charge in [-0.05, 0) is 44.4 Å². The highest BCUT2D eigenvalue weighted by molar-refractivity contribution is 5.76. The zero-order valence-corrected chi connectivity index (χ0v) is 15.8. The maximum absolute atomic E-state index is 14.7. The van der Waals surface area contributed by atoms with Crippen molar-refractivity contribution in [2.24, 2.45) is 0 Å². The molecule has 8 heteroatoms. The Hall–Kier alpha value is -2.74. The third kappa shape index (κ3) is 3.17. The summed E-state index contributed by atoms with van der Waals surface area (Å²) in [6.45, 7) is 1.93. The second-order valence-corrected chi connectivity index (χ2v) is 7.51. The largest absolute Gasteiger partial charge is 0.493 e. The molecular weight excluding hydrogens is 359 g/mol. The Morgan fingerprint density at radius 2 is 2.14 bits per heavy atom. The van der Waals surface area contributed by atoms with Crippen molar-refractivity contribution in [2.45, 2.75) is 37.6 Å². The van der Waals surface area contributed by atoms with Gasteiger partial charge in [-0.2, -0.15) is 5.10 Å². The summed E-state index contributed by atoms with van der Waals surface area (Å²) in [6, 6.07) is 3.44. The fourth-order valence-electron chi connectivity index (χ4n) is 3.78. The number of fused-ring (bicyclic) bond motifs is 1. The second kappa shape index (κ2) is 7.01. The normalized spacial score (nSPS) is 19.7. The van der Waals surface area contributed by atoms with Gasteiger partial charge in [-0.3, -0.25) is 0 Å². The van der Waals surface area contributed by atoms with E-state index in [0.717, 1.165) is 50.2 Å². The summed E-state index contributed by atoms with van der Waals surface area (Å²) in [7, 11) is 1.63. The lowest BCUT2D eigenvalue weighted by Gasteiger charge is -2.24. The molecule has 0 aromatic carbocycles. The molecule has 2 aliphatic rings. The van der Waals surface area contributed by atoms with Gasteiger partial charge >= 0.3 is 0 Å². The SMILES string of the molecule is COc1cn2ncc(-c3nc(NC4CCCNC4)ccc3F)c2nc1C1CC1. The summed E-state index contributed by atoms with van der Waals surface area (Å²) in [5, 5.41) is 11.1. The van der Waals surface area contributed by atoms with E-state index in [0.29, 0.717) is 29.0 Å². The molecule has 4 heterocycles. The smallest absolute Gasteiger partial charge is 0.165 e. The standard InChI is InChI=1S/C20H23FN6O/c1-28-16-11-27-20(26-18(16)12-4-5-12)14(10-23-27)19-15(21)6-7-17(25-19)24-13-3-2-8-22-9-13/h6-7,10-13,22H,2-5,8-9H2,1H3,(H,24,25). The average molecular weight is 382 g/mol. The molecule has 28 heavy (non-hydrogen) atoms. The molecule has 1 atom stereocenters. The van der Waals surface area contributed by atoms with Crippen LogP contribution in [0.4, 0.5) is 10.2 Å². The summed E-state index contributed by atoms with van der Waals surface area (Å²) in [5.74, 6) is 1.42. The summed E-state index contributed by atoms with van der Waals surface area (Å²) in [5.41, 5.74) is 2.38. The zero-order chi connectivity index (χ0) is 19.1. The predicted molar refractivity (Wildman–Crippen MR) is 104 cm³/mol. The zero-order valence-electron chi connectivity index (χ0n) is 15.8. The van der Waals surface area contributed by atoms with Crippen LogP contribution in [0.3, 0.4) is 0 Å². The van der Waals surface area contributed by atoms with Crippen LogP contribution < -0.4 is 15.4 Å². The molecule has 0 amide bonds. The quantitative estimate of drug-likeness (QED) is 0.707. The Morgan fingerprint density at radius 3 is 2.89 bits per heavy atom. The molecule has 0 bridgehead atoms. The van der Waals surface area contributed by atoms with E-state index in [1.165, 1.54) is 6.07 Å². The number of aromatic nitrogens is 4. The minimum Gasteiger partial charge on any atom is -0.493 e. The van der Waals surface area contributed by atoms with Crippen LogP contribution in [-0.2, 0) is 0 Å². The number of hydrogen-bond donors (Lipinski definition) is 2. The molecule has 1 aliphatic heterocycles. The van der Waals surface area contributed by atoms with Gasteiger partial charge in [0.1, 0.15) is 17.3 Å². The van der Waals surface area contributed by atoms with Crippen LogP contribution in [0.1, 0.15) is 37.3 Å². The highest BCUT2D eigenvalue weighted by atomic mass is 19.1. The molecule has 3 aromatic rings. The van der Waals surface area contributed by atoms with Crippen molar-refractivity contribution in [3.05, 3.63) is 36.0 Å². The molecule has 5 rings (SSSR count). The molecule has 0 radical (unpaired) electrons. The van der Waals surface area contributed by atoms with E-state index in [4.69, 9.17) is 9.72 Å². The number of halogens is 1. The lowest BCUT2D eigenvalue weighted by molar-refractivity contribution is 0.403. The molecule has 7 nitrogen and oxygen atoms in total. The van der Waals surface area contributed by atoms with Crippen LogP contribution in [-0.4, -0.2) is 45.8 Å². The Bertz CT molecular complexity index is 1010. The van der Waals surface area contributed by atoms with E-state index >= 15 is 0 Å². The van der Waals surface area contributed by atoms with Crippen LogP contribution in [0, 0.1) is 5.82 Å². The molecular formula is C20H23FN6O. The van der Waals surface area contributed by atoms with E-state index in [-0.39, 0.29) is 11.5 Å². The van der Waals surface area contributed by atoms with E-state index in [1.54, 1.807) is 23.9 Å². The maximum atomic E-state index is 14.7. The summed E-state index contributed by atoms with van der Waals surface area (Å²) in [4.78, 5) is 9.32. The number of anilines is 1. The van der Waals surface area contributed by atoms with Gasteiger partial charge in [0.2, 0.25) is 0 Å². The molecule has 1 saturated carbocycles. The molecule has 1 aliphatic carbocycles. The minimum atomic E-state index is -0.382. The van der Waals surface area contributed by atoms with Crippen LogP contribution >= 0.6 is 0 Å². The van der Waals surface area contributed by atoms with E-state index < -0.39 is 0 Å². The Labute approximate surface area is 162 Å². The van der Waals surface area contributed by atoms with Crippen molar-refractivity contribution in [2.75, 3.05) is 25.5 Å². The number of nitrogens with zero attached hydrogens (tertiary/aromatic N) is 4. The Morgan fingerprint density at radius 1 is 1.25 bits per heavy atom. The molecule has 3 aromatic heterocycles. The first-order valence-electron chi connectivity index (χ1n) is 9.79. The van der Waals surface area contributed by atoms with E-state index in [2.05, 4.69) is 20.7 Å². The second-order valence-electron chi connectivity index (χ2n) is 7.51. The van der Waals surface area contributed by atoms with Crippen LogP contribution in [0.2, 0.25) is 0 Å². The molecule has 0 spiro atoms. The molecule has 2 fully saturated rings. The van der Waals surface area contributed by atoms with Gasteiger partial charge in [0.05, 0.1) is 30.8 Å². The fraction of sp³-hybridized carbons (Fsp3) is 0.450. The Kier molecular flexibility index (Phi) is 4.35. The molecule has 2 N–H and O–H groups in total. The molecule has 146 valence electrons. The molecule has 1 unspecified atom stereocenters. The molecule has 1 saturated heterocycles. The number of piperidine rings is 1. The number of nitrogens with one attached hydrogen (secondary N) is 2. The van der Waals surface area contributed by atoms with E-state index in [9.17, 15) is 4.39 Å². The topological polar surface area (TPSA) is 76.4 Å². The highest BCUT2D eigenvalue weighted by Gasteiger charge is 2.30. The van der Waals surface area contributed by atoms with E-state index in [1.807, 2.05) is 6.20 Å². The van der Waals surface area contributed by atoms with Gasteiger partial charge in [-0.1, -0.05) is 0 Å². The monoisotopic (exact) mass is 382 g/mol. The minimum absolute atomic E-state index is 0.267. The van der Waals surface area contributed by atoms with Gasteiger partial charge in [-0.25, -0.2) is 18.9 Å². The third-order valence-electron chi connectivity index (χ3n) is 5.42. The van der Waals surface area contributed by atoms with Gasteiger partial charge in [0, 0.05) is 18.5 Å². The van der Waals surface area contributed by atoms with Crippen molar-refractivity contribution in [3.8, 4) is 17.0 Å². The van der Waals surface area contributed by atoms with Crippen LogP contribution in [0.5, 0.6) is 5.75 Å². The fourth-order valence-corrected chi connectivity index (χ4v) is 3.78. The van der Waals surface area contributed by atoms with Crippen LogP contribution in [0.25, 0.3) is 16.9 Å². The van der Waals surface area contributed by atoms with Crippen LogP contribution in [0.15, 0.2) is 24.5 Å². The van der Waals surface area contributed by atoms with Crippen molar-refractivity contribution >= 4 is 11.5 Å². The lowest BCUT2D eigenvalue weighted by atomic mass is 10.1. The first kappa shape index (κ1) is 17.4. The number of rotatable bonds is 5. The number of pyridine rings is 1. The van der Waals surface area contributed by atoms with Gasteiger partial charge in [-0.15, -0.1) is 0 Å². The van der Waals surface area contributed by atoms with Crippen molar-refractivity contribution in [1.82, 2.24) is 24.9 Å².